The number of hydrogen-bond donors (Lipinski definition) is 0. The van der Waals surface area contributed by atoms with Crippen LogP contribution in [-0.2, 0) is 16.6 Å². The van der Waals surface area contributed by atoms with Gasteiger partial charge in [0.1, 0.15) is 5.75 Å². The van der Waals surface area contributed by atoms with Gasteiger partial charge in [-0.3, -0.25) is 14.0 Å². The molecule has 1 aliphatic heterocycles. The summed E-state index contributed by atoms with van der Waals surface area (Å²) in [6.45, 7) is 6.43. The van der Waals surface area contributed by atoms with E-state index in [9.17, 15) is 13.2 Å². The minimum Gasteiger partial charge on any atom is -0.497 e. The second kappa shape index (κ2) is 11.8. The van der Waals surface area contributed by atoms with E-state index in [4.69, 9.17) is 20.9 Å². The highest BCUT2D eigenvalue weighted by molar-refractivity contribution is 7.92. The van der Waals surface area contributed by atoms with Crippen LogP contribution in [0.3, 0.4) is 0 Å². The molecular weight excluding hydrogens is 528 g/mol. The summed E-state index contributed by atoms with van der Waals surface area (Å²) in [5.41, 5.74) is 2.07. The number of fused-ring (bicyclic) bond motifs is 1. The fraction of sp³-hybridized carbons (Fsp3) is 0.407. The number of amides is 1. The number of aromatic nitrogens is 1. The Kier molecular flexibility index (Phi) is 8.64. The van der Waals surface area contributed by atoms with Gasteiger partial charge in [-0.15, -0.1) is 0 Å². The first-order valence-electron chi connectivity index (χ1n) is 12.5. The molecule has 0 N–H and O–H groups in total. The second-order valence-electron chi connectivity index (χ2n) is 9.63. The van der Waals surface area contributed by atoms with Gasteiger partial charge in [0.25, 0.3) is 5.91 Å². The molecule has 0 fully saturated rings. The molecular formula is C27H33ClN4O5S. The maximum atomic E-state index is 13.8. The van der Waals surface area contributed by atoms with Gasteiger partial charge in [0.2, 0.25) is 10.0 Å². The van der Waals surface area contributed by atoms with Crippen molar-refractivity contribution in [2.24, 2.45) is 0 Å². The van der Waals surface area contributed by atoms with Crippen LogP contribution in [0.4, 0.5) is 5.69 Å². The normalized spacial score (nSPS) is 15.7. The zero-order valence-electron chi connectivity index (χ0n) is 22.1. The minimum atomic E-state index is -3.58. The minimum absolute atomic E-state index is 0.171. The Bertz CT molecular complexity index is 1390. The molecule has 4 rings (SSSR count). The number of ether oxygens (including phenoxy) is 1. The van der Waals surface area contributed by atoms with Gasteiger partial charge < -0.3 is 14.2 Å². The number of carbonyl (C=O) groups excluding carboxylic acids is 1. The first kappa shape index (κ1) is 27.9. The van der Waals surface area contributed by atoms with Crippen molar-refractivity contribution in [1.82, 2.24) is 15.0 Å². The highest BCUT2D eigenvalue weighted by Crippen LogP contribution is 2.30. The number of hydrogen-bond acceptors (Lipinski definition) is 7. The van der Waals surface area contributed by atoms with Gasteiger partial charge in [0, 0.05) is 55.4 Å². The van der Waals surface area contributed by atoms with E-state index in [1.165, 1.54) is 10.6 Å². The quantitative estimate of drug-likeness (QED) is 0.452. The molecule has 2 aromatic carbocycles. The number of benzene rings is 2. The lowest BCUT2D eigenvalue weighted by Crippen LogP contribution is -2.41. The molecule has 0 atom stereocenters. The smallest absolute Gasteiger partial charge is 0.276 e. The topological polar surface area (TPSA) is 96.2 Å². The van der Waals surface area contributed by atoms with Gasteiger partial charge in [0.15, 0.2) is 11.5 Å². The summed E-state index contributed by atoms with van der Waals surface area (Å²) in [7, 11) is -2.00. The predicted molar refractivity (Wildman–Crippen MR) is 148 cm³/mol. The summed E-state index contributed by atoms with van der Waals surface area (Å²) >= 11 is 6.29. The number of carbonyl (C=O) groups is 1. The Labute approximate surface area is 229 Å². The van der Waals surface area contributed by atoms with Gasteiger partial charge in [0.05, 0.1) is 19.1 Å². The lowest BCUT2D eigenvalue weighted by atomic mass is 10.1. The number of halogens is 1. The van der Waals surface area contributed by atoms with Crippen molar-refractivity contribution in [3.05, 3.63) is 64.8 Å². The van der Waals surface area contributed by atoms with Crippen LogP contribution in [0.2, 0.25) is 5.02 Å². The van der Waals surface area contributed by atoms with Crippen LogP contribution >= 0.6 is 11.6 Å². The molecule has 3 aromatic rings. The lowest BCUT2D eigenvalue weighted by Gasteiger charge is -2.29. The van der Waals surface area contributed by atoms with E-state index in [-0.39, 0.29) is 24.2 Å². The zero-order chi connectivity index (χ0) is 27.4. The molecule has 1 amide bonds. The van der Waals surface area contributed by atoms with Crippen LogP contribution in [-0.4, -0.2) is 74.9 Å². The number of nitrogens with zero attached hydrogens (tertiary/aromatic N) is 4. The van der Waals surface area contributed by atoms with E-state index < -0.39 is 10.0 Å². The highest BCUT2D eigenvalue weighted by Gasteiger charge is 2.27. The van der Waals surface area contributed by atoms with E-state index in [1.54, 1.807) is 36.3 Å². The molecule has 0 aliphatic carbocycles. The van der Waals surface area contributed by atoms with Crippen molar-refractivity contribution in [2.45, 2.75) is 32.9 Å². The molecule has 0 bridgehead atoms. The molecule has 0 radical (unpaired) electrons. The highest BCUT2D eigenvalue weighted by atomic mass is 35.5. The van der Waals surface area contributed by atoms with Crippen molar-refractivity contribution in [1.29, 1.82) is 0 Å². The molecule has 9 nitrogen and oxygen atoms in total. The molecule has 38 heavy (non-hydrogen) atoms. The van der Waals surface area contributed by atoms with E-state index in [1.807, 2.05) is 24.3 Å². The van der Waals surface area contributed by atoms with Crippen molar-refractivity contribution in [3.63, 3.8) is 0 Å². The third kappa shape index (κ3) is 6.48. The largest absolute Gasteiger partial charge is 0.497 e. The Morgan fingerprint density at radius 2 is 1.87 bits per heavy atom. The summed E-state index contributed by atoms with van der Waals surface area (Å²) < 4.78 is 37.8. The average molecular weight is 561 g/mol. The second-order valence-corrected chi connectivity index (χ2v) is 12.0. The fourth-order valence-electron chi connectivity index (χ4n) is 4.57. The molecule has 2 heterocycles. The molecule has 0 spiro atoms. The predicted octanol–water partition coefficient (Wildman–Crippen LogP) is 4.53. The number of anilines is 1. The standard InChI is InChI=1S/C27H33ClN4O5S/c1-19(2)30-11-6-12-32(38(4,34)35)25-16-22(28)10-9-21(25)18-31(14-13-30)27(33)24-17-26(37-29-24)20-7-5-8-23(15-20)36-3/h5,7-10,15-17,19H,6,11-14,18H2,1-4H3. The van der Waals surface area contributed by atoms with Crippen LogP contribution in [0.25, 0.3) is 11.3 Å². The molecule has 1 aliphatic rings. The van der Waals surface area contributed by atoms with E-state index in [0.717, 1.165) is 5.56 Å². The molecule has 0 saturated heterocycles. The summed E-state index contributed by atoms with van der Waals surface area (Å²) in [6.07, 6.45) is 1.83. The van der Waals surface area contributed by atoms with E-state index >= 15 is 0 Å². The van der Waals surface area contributed by atoms with Crippen molar-refractivity contribution in [3.8, 4) is 17.1 Å². The van der Waals surface area contributed by atoms with Crippen molar-refractivity contribution < 1.29 is 22.5 Å². The maximum absolute atomic E-state index is 13.8. The van der Waals surface area contributed by atoms with Gasteiger partial charge in [-0.05, 0) is 50.1 Å². The fourth-order valence-corrected chi connectivity index (χ4v) is 5.73. The number of sulfonamides is 1. The summed E-state index contributed by atoms with van der Waals surface area (Å²) in [4.78, 5) is 17.7. The third-order valence-corrected chi connectivity index (χ3v) is 8.06. The van der Waals surface area contributed by atoms with Gasteiger partial charge in [-0.2, -0.15) is 0 Å². The summed E-state index contributed by atoms with van der Waals surface area (Å²) in [5.74, 6) is 0.806. The molecule has 11 heteroatoms. The Balaban J connectivity index is 1.71. The van der Waals surface area contributed by atoms with Crippen LogP contribution in [0, 0.1) is 0 Å². The number of methoxy groups -OCH3 is 1. The van der Waals surface area contributed by atoms with Gasteiger partial charge >= 0.3 is 0 Å². The van der Waals surface area contributed by atoms with Crippen molar-refractivity contribution in [2.75, 3.05) is 43.8 Å². The van der Waals surface area contributed by atoms with Crippen LogP contribution < -0.4 is 9.04 Å². The van der Waals surface area contributed by atoms with Gasteiger partial charge in [-0.1, -0.05) is 35.0 Å². The van der Waals surface area contributed by atoms with Crippen LogP contribution in [0.5, 0.6) is 5.75 Å². The van der Waals surface area contributed by atoms with E-state index in [2.05, 4.69) is 23.9 Å². The molecule has 0 saturated carbocycles. The summed E-state index contributed by atoms with van der Waals surface area (Å²) in [6, 6.07) is 14.3. The monoisotopic (exact) mass is 560 g/mol. The molecule has 204 valence electrons. The van der Waals surface area contributed by atoms with Crippen LogP contribution in [0.15, 0.2) is 53.1 Å². The van der Waals surface area contributed by atoms with Crippen molar-refractivity contribution >= 4 is 33.2 Å². The van der Waals surface area contributed by atoms with E-state index in [0.29, 0.717) is 60.4 Å². The lowest BCUT2D eigenvalue weighted by molar-refractivity contribution is 0.0701. The Hall–Kier alpha value is -3.08. The zero-order valence-corrected chi connectivity index (χ0v) is 23.6. The maximum Gasteiger partial charge on any atom is 0.276 e. The SMILES string of the molecule is COc1cccc(-c2cc(C(=O)N3CCN(C(C)C)CCCN(S(C)(=O)=O)c4cc(Cl)ccc4C3)no2)c1. The summed E-state index contributed by atoms with van der Waals surface area (Å²) in [5, 5.41) is 4.49. The number of rotatable bonds is 5. The first-order chi connectivity index (χ1) is 18.1. The third-order valence-electron chi connectivity index (χ3n) is 6.64. The molecule has 0 unspecified atom stereocenters. The Morgan fingerprint density at radius 1 is 1.08 bits per heavy atom. The Morgan fingerprint density at radius 3 is 2.58 bits per heavy atom. The van der Waals surface area contributed by atoms with Gasteiger partial charge in [-0.25, -0.2) is 8.42 Å². The molecule has 1 aromatic heterocycles. The average Bonchev–Trinajstić information content (AvgIpc) is 3.36. The van der Waals surface area contributed by atoms with Crippen LogP contribution in [0.1, 0.15) is 36.3 Å². The first-order valence-corrected chi connectivity index (χ1v) is 14.7.